The first-order chi connectivity index (χ1) is 12.4. The van der Waals surface area contributed by atoms with E-state index in [2.05, 4.69) is 10.6 Å². The third-order valence-corrected chi connectivity index (χ3v) is 4.95. The highest BCUT2D eigenvalue weighted by molar-refractivity contribution is 5.94. The monoisotopic (exact) mass is 360 g/mol. The van der Waals surface area contributed by atoms with Gasteiger partial charge in [0, 0.05) is 24.7 Å². The van der Waals surface area contributed by atoms with Gasteiger partial charge in [0.2, 0.25) is 5.91 Å². The zero-order chi connectivity index (χ0) is 19.1. The number of primary amides is 1. The zero-order valence-corrected chi connectivity index (χ0v) is 15.4. The van der Waals surface area contributed by atoms with Gasteiger partial charge in [0.15, 0.2) is 0 Å². The molecule has 2 atom stereocenters. The van der Waals surface area contributed by atoms with Crippen molar-refractivity contribution >= 4 is 17.8 Å². The molecule has 7 nitrogen and oxygen atoms in total. The maximum absolute atomic E-state index is 12.8. The highest BCUT2D eigenvalue weighted by atomic mass is 16.2. The molecule has 142 valence electrons. The van der Waals surface area contributed by atoms with E-state index in [-0.39, 0.29) is 23.8 Å². The molecule has 1 saturated heterocycles. The van der Waals surface area contributed by atoms with Gasteiger partial charge in [-0.25, -0.2) is 4.79 Å². The van der Waals surface area contributed by atoms with Crippen LogP contribution in [0.5, 0.6) is 0 Å². The average molecular weight is 360 g/mol. The van der Waals surface area contributed by atoms with E-state index >= 15 is 0 Å². The van der Waals surface area contributed by atoms with Crippen molar-refractivity contribution in [2.75, 3.05) is 13.1 Å². The Balaban J connectivity index is 1.89. The molecule has 26 heavy (non-hydrogen) atoms. The normalized spacial score (nSPS) is 17.2. The molecule has 7 heteroatoms. The van der Waals surface area contributed by atoms with Crippen LogP contribution in [0.25, 0.3) is 0 Å². The Bertz CT molecular complexity index is 627. The molecule has 2 rings (SSSR count). The number of hydrogen-bond acceptors (Lipinski definition) is 3. The third kappa shape index (κ3) is 5.21. The van der Waals surface area contributed by atoms with Gasteiger partial charge in [-0.15, -0.1) is 0 Å². The number of rotatable bonds is 6. The number of carbonyl (C=O) groups is 3. The molecule has 4 amide bonds. The van der Waals surface area contributed by atoms with E-state index in [0.717, 1.165) is 6.42 Å². The summed E-state index contributed by atoms with van der Waals surface area (Å²) in [5.74, 6) is -0.195. The van der Waals surface area contributed by atoms with Crippen molar-refractivity contribution in [1.82, 2.24) is 15.5 Å². The Hall–Kier alpha value is -2.57. The molecule has 0 aromatic heterocycles. The molecule has 1 aromatic rings. The molecule has 0 bridgehead atoms. The minimum atomic E-state index is -0.686. The van der Waals surface area contributed by atoms with Crippen molar-refractivity contribution in [2.45, 2.75) is 45.2 Å². The van der Waals surface area contributed by atoms with Crippen LogP contribution in [0.3, 0.4) is 0 Å². The number of likely N-dealkylation sites (tertiary alicyclic amines) is 1. The summed E-state index contributed by atoms with van der Waals surface area (Å²) in [6.07, 6.45) is 2.14. The minimum absolute atomic E-state index is 0.00510. The number of carbonyl (C=O) groups excluding carboxylic acids is 3. The second kappa shape index (κ2) is 9.22. The van der Waals surface area contributed by atoms with Crippen molar-refractivity contribution in [2.24, 2.45) is 11.7 Å². The Morgan fingerprint density at radius 3 is 2.35 bits per heavy atom. The topological polar surface area (TPSA) is 105 Å². The smallest absolute Gasteiger partial charge is 0.312 e. The van der Waals surface area contributed by atoms with Crippen molar-refractivity contribution in [3.63, 3.8) is 0 Å². The van der Waals surface area contributed by atoms with E-state index in [1.54, 1.807) is 17.0 Å². The Kier molecular flexibility index (Phi) is 7.00. The largest absolute Gasteiger partial charge is 0.352 e. The first-order valence-corrected chi connectivity index (χ1v) is 9.13. The summed E-state index contributed by atoms with van der Waals surface area (Å²) in [4.78, 5) is 38.0. The molecule has 0 aliphatic carbocycles. The van der Waals surface area contributed by atoms with E-state index in [4.69, 9.17) is 5.73 Å². The van der Waals surface area contributed by atoms with Gasteiger partial charge in [-0.1, -0.05) is 38.5 Å². The maximum atomic E-state index is 12.8. The lowest BCUT2D eigenvalue weighted by Crippen LogP contribution is -2.55. The Labute approximate surface area is 154 Å². The zero-order valence-electron chi connectivity index (χ0n) is 15.4. The Morgan fingerprint density at radius 2 is 1.81 bits per heavy atom. The summed E-state index contributed by atoms with van der Waals surface area (Å²) in [5, 5.41) is 5.59. The van der Waals surface area contributed by atoms with Crippen LogP contribution in [0.15, 0.2) is 30.3 Å². The fourth-order valence-corrected chi connectivity index (χ4v) is 3.14. The van der Waals surface area contributed by atoms with Crippen molar-refractivity contribution in [3.8, 4) is 0 Å². The van der Waals surface area contributed by atoms with Gasteiger partial charge in [-0.2, -0.15) is 0 Å². The Morgan fingerprint density at radius 1 is 1.19 bits per heavy atom. The number of urea groups is 1. The minimum Gasteiger partial charge on any atom is -0.352 e. The molecule has 1 fully saturated rings. The van der Waals surface area contributed by atoms with Crippen molar-refractivity contribution in [1.29, 1.82) is 0 Å². The van der Waals surface area contributed by atoms with Gasteiger partial charge >= 0.3 is 6.03 Å². The summed E-state index contributed by atoms with van der Waals surface area (Å²) >= 11 is 0. The van der Waals surface area contributed by atoms with Gasteiger partial charge in [0.1, 0.15) is 6.04 Å². The summed E-state index contributed by atoms with van der Waals surface area (Å²) in [5.41, 5.74) is 5.85. The van der Waals surface area contributed by atoms with Crippen molar-refractivity contribution < 1.29 is 14.4 Å². The van der Waals surface area contributed by atoms with Gasteiger partial charge in [0.05, 0.1) is 0 Å². The predicted molar refractivity (Wildman–Crippen MR) is 99.5 cm³/mol. The second-order valence-corrected chi connectivity index (χ2v) is 6.81. The van der Waals surface area contributed by atoms with Gasteiger partial charge < -0.3 is 21.3 Å². The van der Waals surface area contributed by atoms with Crippen LogP contribution in [0, 0.1) is 5.92 Å². The third-order valence-electron chi connectivity index (χ3n) is 4.95. The highest BCUT2D eigenvalue weighted by Gasteiger charge is 2.32. The number of nitrogens with two attached hydrogens (primary N) is 1. The SMILES string of the molecule is CCC(C)C(NC(N)=O)C(=O)N1CCC(NC(=O)c2ccccc2)CC1. The molecular formula is C19H28N4O3. The van der Waals surface area contributed by atoms with Gasteiger partial charge in [-0.05, 0) is 30.9 Å². The predicted octanol–water partition coefficient (Wildman–Crippen LogP) is 1.49. The lowest BCUT2D eigenvalue weighted by Gasteiger charge is -2.35. The number of hydrogen-bond donors (Lipinski definition) is 3. The number of nitrogens with one attached hydrogen (secondary N) is 2. The number of nitrogens with zero attached hydrogens (tertiary/aromatic N) is 1. The molecular weight excluding hydrogens is 332 g/mol. The van der Waals surface area contributed by atoms with Crippen LogP contribution in [-0.2, 0) is 4.79 Å². The number of amides is 4. The van der Waals surface area contributed by atoms with Crippen LogP contribution in [0.1, 0.15) is 43.5 Å². The van der Waals surface area contributed by atoms with Crippen LogP contribution >= 0.6 is 0 Å². The summed E-state index contributed by atoms with van der Waals surface area (Å²) < 4.78 is 0. The maximum Gasteiger partial charge on any atom is 0.312 e. The quantitative estimate of drug-likeness (QED) is 0.716. The van der Waals surface area contributed by atoms with Crippen LogP contribution in [0.2, 0.25) is 0 Å². The molecule has 0 saturated carbocycles. The molecule has 1 heterocycles. The lowest BCUT2D eigenvalue weighted by molar-refractivity contribution is -0.135. The summed E-state index contributed by atoms with van der Waals surface area (Å²) in [6, 6.07) is 7.84. The standard InChI is InChI=1S/C19H28N4O3/c1-3-13(2)16(22-19(20)26)18(25)23-11-9-15(10-12-23)21-17(24)14-7-5-4-6-8-14/h4-8,13,15-16H,3,9-12H2,1-2H3,(H,21,24)(H3,20,22,26). The average Bonchev–Trinajstić information content (AvgIpc) is 2.66. The first-order valence-electron chi connectivity index (χ1n) is 9.13. The van der Waals surface area contributed by atoms with E-state index in [1.165, 1.54) is 0 Å². The molecule has 2 unspecified atom stereocenters. The summed E-state index contributed by atoms with van der Waals surface area (Å²) in [6.45, 7) is 4.99. The van der Waals surface area contributed by atoms with Crippen LogP contribution < -0.4 is 16.4 Å². The van der Waals surface area contributed by atoms with Crippen LogP contribution in [0.4, 0.5) is 4.79 Å². The molecule has 1 aromatic carbocycles. The second-order valence-electron chi connectivity index (χ2n) is 6.81. The molecule has 0 spiro atoms. The van der Waals surface area contributed by atoms with Crippen molar-refractivity contribution in [3.05, 3.63) is 35.9 Å². The first kappa shape index (κ1) is 19.8. The molecule has 1 aliphatic rings. The lowest BCUT2D eigenvalue weighted by atomic mass is 9.96. The number of piperidine rings is 1. The summed E-state index contributed by atoms with van der Waals surface area (Å²) in [7, 11) is 0. The number of benzene rings is 1. The van der Waals surface area contributed by atoms with E-state index < -0.39 is 12.1 Å². The molecule has 4 N–H and O–H groups in total. The fourth-order valence-electron chi connectivity index (χ4n) is 3.14. The van der Waals surface area contributed by atoms with E-state index in [9.17, 15) is 14.4 Å². The fraction of sp³-hybridized carbons (Fsp3) is 0.526. The molecule has 1 aliphatic heterocycles. The molecule has 0 radical (unpaired) electrons. The van der Waals surface area contributed by atoms with E-state index in [1.807, 2.05) is 32.0 Å². The van der Waals surface area contributed by atoms with Gasteiger partial charge in [0.25, 0.3) is 5.91 Å². The van der Waals surface area contributed by atoms with Crippen LogP contribution in [-0.4, -0.2) is 47.9 Å². The van der Waals surface area contributed by atoms with Gasteiger partial charge in [-0.3, -0.25) is 9.59 Å². The van der Waals surface area contributed by atoms with E-state index in [0.29, 0.717) is 31.5 Å². The highest BCUT2D eigenvalue weighted by Crippen LogP contribution is 2.16.